The van der Waals surface area contributed by atoms with Crippen molar-refractivity contribution in [2.45, 2.75) is 37.6 Å². The number of esters is 1. The monoisotopic (exact) mass is 461 g/mol. The lowest BCUT2D eigenvalue weighted by atomic mass is 9.87. The number of carbonyl (C=O) groups is 2. The number of nitrogens with one attached hydrogen (secondary N) is 1. The first-order valence-corrected chi connectivity index (χ1v) is 12.1. The second kappa shape index (κ2) is 11.7. The molecule has 0 fully saturated rings. The Bertz CT molecular complexity index is 1000. The summed E-state index contributed by atoms with van der Waals surface area (Å²) >= 11 is 0. The summed E-state index contributed by atoms with van der Waals surface area (Å²) in [5.74, 6) is -0.604. The molecule has 0 unspecified atom stereocenters. The summed E-state index contributed by atoms with van der Waals surface area (Å²) in [5.41, 5.74) is 0.362. The number of rotatable bonds is 11. The predicted molar refractivity (Wildman–Crippen MR) is 122 cm³/mol. The Kier molecular flexibility index (Phi) is 9.26. The van der Waals surface area contributed by atoms with E-state index >= 15 is 0 Å². The van der Waals surface area contributed by atoms with E-state index in [1.54, 1.807) is 42.5 Å². The molecule has 0 aliphatic heterocycles. The number of methoxy groups -OCH3 is 2. The van der Waals surface area contributed by atoms with Gasteiger partial charge in [-0.2, -0.15) is 0 Å². The minimum atomic E-state index is -3.66. The molecule has 0 aliphatic rings. The largest absolute Gasteiger partial charge is 0.497 e. The summed E-state index contributed by atoms with van der Waals surface area (Å²) in [6, 6.07) is 14.1. The van der Waals surface area contributed by atoms with Gasteiger partial charge in [0.25, 0.3) is 5.91 Å². The van der Waals surface area contributed by atoms with Gasteiger partial charge < -0.3 is 14.8 Å². The molecule has 0 spiro atoms. The highest BCUT2D eigenvalue weighted by atomic mass is 32.2. The molecular weight excluding hydrogens is 430 g/mol. The summed E-state index contributed by atoms with van der Waals surface area (Å²) in [5, 5.41) is 2.86. The first kappa shape index (κ1) is 25.4. The molecule has 8 heteroatoms. The normalized spacial score (nSPS) is 13.3. The standard InChI is InChI=1S/C24H31NO6S/c1-17(2)19(15-23(26)31-4)13-20(16-32(28,29)22-11-6-5-7-12-22)25-24(27)18-9-8-10-21(14-18)30-3/h5-12,14,17,19-20H,13,15-16H2,1-4H3,(H,25,27)/t19-,20+/m0/s1. The Labute approximate surface area is 190 Å². The van der Waals surface area contributed by atoms with Crippen LogP contribution < -0.4 is 10.1 Å². The van der Waals surface area contributed by atoms with Gasteiger partial charge in [0.1, 0.15) is 5.75 Å². The van der Waals surface area contributed by atoms with Gasteiger partial charge in [0.2, 0.25) is 0 Å². The van der Waals surface area contributed by atoms with Crippen LogP contribution in [0.3, 0.4) is 0 Å². The zero-order chi connectivity index (χ0) is 23.7. The maximum Gasteiger partial charge on any atom is 0.305 e. The molecule has 32 heavy (non-hydrogen) atoms. The number of hydrogen-bond donors (Lipinski definition) is 1. The number of hydrogen-bond acceptors (Lipinski definition) is 6. The fourth-order valence-corrected chi connectivity index (χ4v) is 4.96. The van der Waals surface area contributed by atoms with E-state index in [2.05, 4.69) is 5.32 Å². The highest BCUT2D eigenvalue weighted by Crippen LogP contribution is 2.24. The lowest BCUT2D eigenvalue weighted by Crippen LogP contribution is -2.42. The number of carbonyl (C=O) groups excluding carboxylic acids is 2. The van der Waals surface area contributed by atoms with Gasteiger partial charge in [-0.3, -0.25) is 9.59 Å². The van der Waals surface area contributed by atoms with Crippen molar-refractivity contribution in [3.8, 4) is 5.75 Å². The van der Waals surface area contributed by atoms with Crippen molar-refractivity contribution < 1.29 is 27.5 Å². The van der Waals surface area contributed by atoms with Crippen molar-refractivity contribution >= 4 is 21.7 Å². The van der Waals surface area contributed by atoms with Gasteiger partial charge in [0.15, 0.2) is 9.84 Å². The highest BCUT2D eigenvalue weighted by molar-refractivity contribution is 7.91. The zero-order valence-electron chi connectivity index (χ0n) is 18.9. The molecule has 2 aromatic carbocycles. The van der Waals surface area contributed by atoms with Crippen molar-refractivity contribution in [2.75, 3.05) is 20.0 Å². The molecule has 0 radical (unpaired) electrons. The third-order valence-corrected chi connectivity index (χ3v) is 7.21. The molecule has 0 saturated carbocycles. The van der Waals surface area contributed by atoms with Gasteiger partial charge in [-0.1, -0.05) is 38.1 Å². The van der Waals surface area contributed by atoms with Crippen molar-refractivity contribution in [2.24, 2.45) is 11.8 Å². The summed E-state index contributed by atoms with van der Waals surface area (Å²) in [4.78, 5) is 25.0. The van der Waals surface area contributed by atoms with Gasteiger partial charge in [-0.05, 0) is 48.6 Å². The van der Waals surface area contributed by atoms with Crippen LogP contribution in [0.15, 0.2) is 59.5 Å². The van der Waals surface area contributed by atoms with Crippen LogP contribution in [0.1, 0.15) is 37.0 Å². The first-order valence-electron chi connectivity index (χ1n) is 10.5. The maximum absolute atomic E-state index is 13.0. The SMILES string of the molecule is COC(=O)C[C@H](C[C@H](CS(=O)(=O)c1ccccc1)NC(=O)c1cccc(OC)c1)C(C)C. The molecule has 0 saturated heterocycles. The molecule has 1 N–H and O–H groups in total. The van der Waals surface area contributed by atoms with E-state index in [0.29, 0.717) is 17.7 Å². The van der Waals surface area contributed by atoms with Crippen LogP contribution in [0, 0.1) is 11.8 Å². The van der Waals surface area contributed by atoms with Gasteiger partial charge in [-0.25, -0.2) is 8.42 Å². The Balaban J connectivity index is 2.30. The van der Waals surface area contributed by atoms with Gasteiger partial charge in [-0.15, -0.1) is 0 Å². The molecule has 0 heterocycles. The third-order valence-electron chi connectivity index (χ3n) is 5.38. The molecule has 174 valence electrons. The summed E-state index contributed by atoms with van der Waals surface area (Å²) in [6.45, 7) is 3.92. The van der Waals surface area contributed by atoms with Crippen LogP contribution >= 0.6 is 0 Å². The Morgan fingerprint density at radius 3 is 2.28 bits per heavy atom. The summed E-state index contributed by atoms with van der Waals surface area (Å²) < 4.78 is 36.0. The highest BCUT2D eigenvalue weighted by Gasteiger charge is 2.28. The van der Waals surface area contributed by atoms with Crippen LogP contribution in [0.5, 0.6) is 5.75 Å². The van der Waals surface area contributed by atoms with E-state index in [0.717, 1.165) is 0 Å². The van der Waals surface area contributed by atoms with E-state index in [-0.39, 0.29) is 34.9 Å². The molecule has 2 aromatic rings. The smallest absolute Gasteiger partial charge is 0.305 e. The van der Waals surface area contributed by atoms with Crippen molar-refractivity contribution in [1.29, 1.82) is 0 Å². The minimum Gasteiger partial charge on any atom is -0.497 e. The molecule has 2 atom stereocenters. The Morgan fingerprint density at radius 2 is 1.69 bits per heavy atom. The zero-order valence-corrected chi connectivity index (χ0v) is 19.7. The van der Waals surface area contributed by atoms with Gasteiger partial charge in [0, 0.05) is 18.0 Å². The quantitative estimate of drug-likeness (QED) is 0.514. The topological polar surface area (TPSA) is 98.8 Å². The number of benzene rings is 2. The molecule has 0 aromatic heterocycles. The summed E-state index contributed by atoms with van der Waals surface area (Å²) in [6.07, 6.45) is 0.458. The van der Waals surface area contributed by atoms with Crippen molar-refractivity contribution in [3.63, 3.8) is 0 Å². The van der Waals surface area contributed by atoms with Crippen LogP contribution in [-0.2, 0) is 19.4 Å². The molecule has 2 rings (SSSR count). The second-order valence-electron chi connectivity index (χ2n) is 8.02. The molecular formula is C24H31NO6S. The van der Waals surface area contributed by atoms with E-state index in [1.165, 1.54) is 26.4 Å². The van der Waals surface area contributed by atoms with Gasteiger partial charge in [0.05, 0.1) is 24.9 Å². The Hall–Kier alpha value is -2.87. The van der Waals surface area contributed by atoms with Crippen LogP contribution in [0.25, 0.3) is 0 Å². The molecule has 0 aliphatic carbocycles. The summed E-state index contributed by atoms with van der Waals surface area (Å²) in [7, 11) is -0.834. The number of ether oxygens (including phenoxy) is 2. The minimum absolute atomic E-state index is 0.0877. The number of sulfone groups is 1. The second-order valence-corrected chi connectivity index (χ2v) is 10.1. The third kappa shape index (κ3) is 7.37. The fourth-order valence-electron chi connectivity index (χ4n) is 3.44. The van der Waals surface area contributed by atoms with E-state index < -0.39 is 21.8 Å². The van der Waals surface area contributed by atoms with Crippen LogP contribution in [0.4, 0.5) is 0 Å². The molecule has 0 bridgehead atoms. The van der Waals surface area contributed by atoms with E-state index in [9.17, 15) is 18.0 Å². The van der Waals surface area contributed by atoms with Crippen molar-refractivity contribution in [1.82, 2.24) is 5.32 Å². The van der Waals surface area contributed by atoms with Crippen molar-refractivity contribution in [3.05, 3.63) is 60.2 Å². The average Bonchev–Trinajstić information content (AvgIpc) is 2.78. The average molecular weight is 462 g/mol. The van der Waals surface area contributed by atoms with E-state index in [4.69, 9.17) is 9.47 Å². The fraction of sp³-hybridized carbons (Fsp3) is 0.417. The lowest BCUT2D eigenvalue weighted by molar-refractivity contribution is -0.142. The van der Waals surface area contributed by atoms with E-state index in [1.807, 2.05) is 13.8 Å². The number of amides is 1. The predicted octanol–water partition coefficient (Wildman–Crippen LogP) is 3.49. The maximum atomic E-state index is 13.0. The lowest BCUT2D eigenvalue weighted by Gasteiger charge is -2.26. The van der Waals surface area contributed by atoms with Gasteiger partial charge >= 0.3 is 5.97 Å². The van der Waals surface area contributed by atoms with Crippen LogP contribution in [-0.4, -0.2) is 46.3 Å². The first-order chi connectivity index (χ1) is 15.2. The van der Waals surface area contributed by atoms with Crippen LogP contribution in [0.2, 0.25) is 0 Å². The molecule has 1 amide bonds. The Morgan fingerprint density at radius 1 is 1.00 bits per heavy atom. The molecule has 7 nitrogen and oxygen atoms in total.